The summed E-state index contributed by atoms with van der Waals surface area (Å²) in [7, 11) is 0. The van der Waals surface area contributed by atoms with Crippen molar-refractivity contribution in [2.75, 3.05) is 38.0 Å². The molecule has 4 atom stereocenters. The van der Waals surface area contributed by atoms with Gasteiger partial charge in [0.05, 0.1) is 24.4 Å². The van der Waals surface area contributed by atoms with Crippen LogP contribution in [0.1, 0.15) is 51.9 Å². The first-order valence-electron chi connectivity index (χ1n) is 15.4. The van der Waals surface area contributed by atoms with Crippen molar-refractivity contribution >= 4 is 11.6 Å². The zero-order valence-electron chi connectivity index (χ0n) is 25.1. The SMILES string of the molecule is C[C@@H]1[C@H](CN2CCN(Cc3ccccc3)CC2)O[C@H](c2ccc(NC(=O)c3cccnc3)cc2)O[C@@H]1c1ccc(CO)cc1. The van der Waals surface area contributed by atoms with Gasteiger partial charge in [-0.2, -0.15) is 0 Å². The number of piperazine rings is 1. The topological polar surface area (TPSA) is 87.2 Å². The molecule has 1 aromatic heterocycles. The van der Waals surface area contributed by atoms with Gasteiger partial charge in [0, 0.05) is 68.8 Å². The highest BCUT2D eigenvalue weighted by molar-refractivity contribution is 6.04. The average Bonchev–Trinajstić information content (AvgIpc) is 3.08. The highest BCUT2D eigenvalue weighted by atomic mass is 16.7. The monoisotopic (exact) mass is 592 g/mol. The van der Waals surface area contributed by atoms with Crippen LogP contribution in [0, 0.1) is 5.92 Å². The fourth-order valence-electron chi connectivity index (χ4n) is 5.98. The quantitative estimate of drug-likeness (QED) is 0.268. The van der Waals surface area contributed by atoms with Gasteiger partial charge in [0.1, 0.15) is 0 Å². The van der Waals surface area contributed by atoms with Gasteiger partial charge in [-0.1, -0.05) is 73.7 Å². The summed E-state index contributed by atoms with van der Waals surface area (Å²) in [6.45, 7) is 8.04. The summed E-state index contributed by atoms with van der Waals surface area (Å²) >= 11 is 0. The lowest BCUT2D eigenvalue weighted by Crippen LogP contribution is -2.51. The van der Waals surface area contributed by atoms with Crippen molar-refractivity contribution < 1.29 is 19.4 Å². The normalized spacial score (nSPS) is 22.9. The van der Waals surface area contributed by atoms with Crippen LogP contribution in [0.4, 0.5) is 5.69 Å². The van der Waals surface area contributed by atoms with E-state index in [1.54, 1.807) is 24.5 Å². The minimum absolute atomic E-state index is 0.00956. The number of hydrogen-bond donors (Lipinski definition) is 2. The summed E-state index contributed by atoms with van der Waals surface area (Å²) in [6, 6.07) is 29.8. The molecule has 2 saturated heterocycles. The van der Waals surface area contributed by atoms with E-state index in [2.05, 4.69) is 57.4 Å². The second-order valence-electron chi connectivity index (χ2n) is 11.7. The van der Waals surface area contributed by atoms with Gasteiger partial charge in [-0.15, -0.1) is 0 Å². The number of carbonyl (C=O) groups excluding carboxylic acids is 1. The average molecular weight is 593 g/mol. The van der Waals surface area contributed by atoms with Crippen molar-refractivity contribution in [3.8, 4) is 0 Å². The molecule has 2 aliphatic heterocycles. The molecular formula is C36H40N4O4. The molecule has 8 nitrogen and oxygen atoms in total. The smallest absolute Gasteiger partial charge is 0.257 e. The number of aliphatic hydroxyl groups is 1. The molecule has 0 spiro atoms. The molecule has 0 radical (unpaired) electrons. The van der Waals surface area contributed by atoms with Crippen LogP contribution in [-0.2, 0) is 22.6 Å². The van der Waals surface area contributed by atoms with E-state index in [4.69, 9.17) is 9.47 Å². The van der Waals surface area contributed by atoms with E-state index in [-0.39, 0.29) is 30.6 Å². The molecule has 0 aliphatic carbocycles. The number of ether oxygens (including phenoxy) is 2. The summed E-state index contributed by atoms with van der Waals surface area (Å²) in [5, 5.41) is 12.5. The molecule has 4 aromatic rings. The van der Waals surface area contributed by atoms with Crippen molar-refractivity contribution in [3.63, 3.8) is 0 Å². The van der Waals surface area contributed by atoms with Gasteiger partial charge < -0.3 is 19.9 Å². The third-order valence-corrected chi connectivity index (χ3v) is 8.64. The number of benzene rings is 3. The van der Waals surface area contributed by atoms with E-state index in [0.717, 1.165) is 56.0 Å². The summed E-state index contributed by atoms with van der Waals surface area (Å²) in [4.78, 5) is 21.7. The van der Waals surface area contributed by atoms with E-state index in [1.807, 2.05) is 48.5 Å². The van der Waals surface area contributed by atoms with Gasteiger partial charge >= 0.3 is 0 Å². The zero-order chi connectivity index (χ0) is 30.3. The number of pyridine rings is 1. The fraction of sp³-hybridized carbons (Fsp3) is 0.333. The van der Waals surface area contributed by atoms with E-state index >= 15 is 0 Å². The number of nitrogens with one attached hydrogen (secondary N) is 1. The Labute approximate surface area is 259 Å². The van der Waals surface area contributed by atoms with Crippen LogP contribution in [0.15, 0.2) is 103 Å². The van der Waals surface area contributed by atoms with Crippen LogP contribution in [-0.4, -0.2) is 64.6 Å². The summed E-state index contributed by atoms with van der Waals surface area (Å²) in [5.74, 6) is -0.0909. The number of rotatable bonds is 9. The Morgan fingerprint density at radius 2 is 1.55 bits per heavy atom. The van der Waals surface area contributed by atoms with Crippen molar-refractivity contribution in [2.24, 2.45) is 5.92 Å². The second kappa shape index (κ2) is 14.2. The molecule has 6 rings (SSSR count). The van der Waals surface area contributed by atoms with Gasteiger partial charge in [-0.05, 0) is 41.0 Å². The third-order valence-electron chi connectivity index (χ3n) is 8.64. The van der Waals surface area contributed by atoms with Crippen molar-refractivity contribution in [2.45, 2.75) is 38.6 Å². The zero-order valence-corrected chi connectivity index (χ0v) is 25.1. The number of aromatic nitrogens is 1. The first kappa shape index (κ1) is 30.1. The first-order chi connectivity index (χ1) is 21.6. The Morgan fingerprint density at radius 1 is 0.841 bits per heavy atom. The van der Waals surface area contributed by atoms with Gasteiger partial charge in [-0.3, -0.25) is 19.6 Å². The Balaban J connectivity index is 1.14. The van der Waals surface area contributed by atoms with Crippen molar-refractivity contribution in [1.82, 2.24) is 14.8 Å². The van der Waals surface area contributed by atoms with Crippen LogP contribution in [0.3, 0.4) is 0 Å². The van der Waals surface area contributed by atoms with Gasteiger partial charge in [0.2, 0.25) is 0 Å². The fourth-order valence-corrected chi connectivity index (χ4v) is 5.98. The number of aliphatic hydroxyl groups excluding tert-OH is 1. The maximum Gasteiger partial charge on any atom is 0.257 e. The largest absolute Gasteiger partial charge is 0.392 e. The standard InChI is InChI=1S/C36H40N4O4/c1-26-33(24-40-20-18-39(19-21-40)23-27-6-3-2-4-7-27)43-36(44-34(26)29-11-9-28(25-41)10-12-29)30-13-15-32(16-14-30)38-35(42)31-8-5-17-37-22-31/h2-17,22,26,33-34,36,41H,18-21,23-25H2,1H3,(H,38,42)/t26-,33+,34+,36+/m1/s1. The van der Waals surface area contributed by atoms with E-state index in [9.17, 15) is 9.90 Å². The number of carbonyl (C=O) groups is 1. The van der Waals surface area contributed by atoms with Crippen LogP contribution in [0.2, 0.25) is 0 Å². The van der Waals surface area contributed by atoms with Crippen molar-refractivity contribution in [1.29, 1.82) is 0 Å². The lowest BCUT2D eigenvalue weighted by Gasteiger charge is -2.44. The molecule has 2 N–H and O–H groups in total. The Bertz CT molecular complexity index is 1480. The molecule has 1 amide bonds. The number of nitrogens with zero attached hydrogens (tertiary/aromatic N) is 3. The molecule has 8 heteroatoms. The molecule has 44 heavy (non-hydrogen) atoms. The lowest BCUT2D eigenvalue weighted by molar-refractivity contribution is -0.276. The van der Waals surface area contributed by atoms with E-state index < -0.39 is 6.29 Å². The molecular weight excluding hydrogens is 552 g/mol. The molecule has 0 saturated carbocycles. The maximum atomic E-state index is 12.6. The second-order valence-corrected chi connectivity index (χ2v) is 11.7. The minimum atomic E-state index is -0.554. The molecule has 228 valence electrons. The Morgan fingerprint density at radius 3 is 2.23 bits per heavy atom. The highest BCUT2D eigenvalue weighted by Crippen LogP contribution is 2.42. The first-order valence-corrected chi connectivity index (χ1v) is 15.4. The van der Waals surface area contributed by atoms with Crippen molar-refractivity contribution in [3.05, 3.63) is 131 Å². The summed E-state index contributed by atoms with van der Waals surface area (Å²) in [5.41, 5.74) is 5.38. The van der Waals surface area contributed by atoms with Crippen LogP contribution >= 0.6 is 0 Å². The third kappa shape index (κ3) is 7.41. The molecule has 0 unspecified atom stereocenters. The minimum Gasteiger partial charge on any atom is -0.392 e. The molecule has 3 heterocycles. The maximum absolute atomic E-state index is 12.6. The molecule has 3 aromatic carbocycles. The Hall–Kier alpha value is -3.92. The Kier molecular flexibility index (Phi) is 9.75. The van der Waals surface area contributed by atoms with Crippen LogP contribution < -0.4 is 5.32 Å². The van der Waals surface area contributed by atoms with E-state index in [1.165, 1.54) is 5.56 Å². The number of amides is 1. The predicted octanol–water partition coefficient (Wildman–Crippen LogP) is 5.44. The summed E-state index contributed by atoms with van der Waals surface area (Å²) < 4.78 is 13.3. The number of anilines is 1. The molecule has 0 bridgehead atoms. The predicted molar refractivity (Wildman–Crippen MR) is 170 cm³/mol. The van der Waals surface area contributed by atoms with Crippen LogP contribution in [0.5, 0.6) is 0 Å². The highest BCUT2D eigenvalue weighted by Gasteiger charge is 2.39. The molecule has 2 fully saturated rings. The van der Waals surface area contributed by atoms with Gasteiger partial charge in [0.15, 0.2) is 6.29 Å². The summed E-state index contributed by atoms with van der Waals surface area (Å²) in [6.07, 6.45) is 2.42. The molecule has 2 aliphatic rings. The van der Waals surface area contributed by atoms with Crippen LogP contribution in [0.25, 0.3) is 0 Å². The number of hydrogen-bond acceptors (Lipinski definition) is 7. The van der Waals surface area contributed by atoms with Gasteiger partial charge in [0.25, 0.3) is 5.91 Å². The lowest BCUT2D eigenvalue weighted by atomic mass is 9.90. The van der Waals surface area contributed by atoms with Gasteiger partial charge in [-0.25, -0.2) is 0 Å². The van der Waals surface area contributed by atoms with E-state index in [0.29, 0.717) is 11.3 Å².